The summed E-state index contributed by atoms with van der Waals surface area (Å²) < 4.78 is 10.7. The number of nitrogens with one attached hydrogen (secondary N) is 1. The zero-order chi connectivity index (χ0) is 15.9. The van der Waals surface area contributed by atoms with Crippen LogP contribution in [0.2, 0.25) is 5.02 Å². The zero-order valence-corrected chi connectivity index (χ0v) is 13.3. The van der Waals surface area contributed by atoms with E-state index in [2.05, 4.69) is 5.32 Å². The molecule has 2 aromatic carbocycles. The number of halogens is 1. The number of amides is 1. The molecule has 0 aromatic heterocycles. The van der Waals surface area contributed by atoms with Crippen molar-refractivity contribution in [2.45, 2.75) is 12.3 Å². The van der Waals surface area contributed by atoms with Crippen molar-refractivity contribution in [3.05, 3.63) is 52.5 Å². The van der Waals surface area contributed by atoms with E-state index >= 15 is 0 Å². The molecule has 1 aliphatic rings. The molecule has 114 valence electrons. The fourth-order valence-electron chi connectivity index (χ4n) is 2.88. The van der Waals surface area contributed by atoms with Crippen LogP contribution in [0.4, 0.5) is 5.69 Å². The van der Waals surface area contributed by atoms with Gasteiger partial charge >= 0.3 is 0 Å². The van der Waals surface area contributed by atoms with Crippen LogP contribution in [0.15, 0.2) is 36.4 Å². The predicted octanol–water partition coefficient (Wildman–Crippen LogP) is 3.62. The van der Waals surface area contributed by atoms with Crippen LogP contribution in [0.1, 0.15) is 18.1 Å². The summed E-state index contributed by atoms with van der Waals surface area (Å²) in [5.41, 5.74) is 1.45. The third-order valence-electron chi connectivity index (χ3n) is 4.17. The molecule has 1 aliphatic heterocycles. The summed E-state index contributed by atoms with van der Waals surface area (Å²) >= 11 is 6.12. The van der Waals surface area contributed by atoms with Gasteiger partial charge < -0.3 is 14.8 Å². The van der Waals surface area contributed by atoms with Gasteiger partial charge in [0.1, 0.15) is 16.9 Å². The van der Waals surface area contributed by atoms with Gasteiger partial charge in [-0.2, -0.15) is 0 Å². The molecule has 1 N–H and O–H groups in total. The molecule has 0 bridgehead atoms. The Labute approximate surface area is 134 Å². The third kappa shape index (κ3) is 2.03. The van der Waals surface area contributed by atoms with Crippen molar-refractivity contribution in [3.8, 4) is 11.5 Å². The minimum Gasteiger partial charge on any atom is -0.497 e. The molecule has 1 unspecified atom stereocenters. The number of hydrogen-bond donors (Lipinski definition) is 1. The van der Waals surface area contributed by atoms with Crippen LogP contribution in [0.3, 0.4) is 0 Å². The Balaban J connectivity index is 2.27. The Morgan fingerprint density at radius 3 is 2.50 bits per heavy atom. The van der Waals surface area contributed by atoms with E-state index < -0.39 is 5.41 Å². The van der Waals surface area contributed by atoms with E-state index in [1.54, 1.807) is 32.4 Å². The van der Waals surface area contributed by atoms with Crippen LogP contribution in [0, 0.1) is 0 Å². The molecule has 4 nitrogen and oxygen atoms in total. The van der Waals surface area contributed by atoms with Crippen molar-refractivity contribution < 1.29 is 14.3 Å². The second-order valence-corrected chi connectivity index (χ2v) is 5.77. The van der Waals surface area contributed by atoms with E-state index in [4.69, 9.17) is 21.1 Å². The normalized spacial score (nSPS) is 19.5. The summed E-state index contributed by atoms with van der Waals surface area (Å²) in [6.07, 6.45) is 0. The Hall–Kier alpha value is -2.20. The largest absolute Gasteiger partial charge is 0.497 e. The second-order valence-electron chi connectivity index (χ2n) is 5.34. The first-order valence-electron chi connectivity index (χ1n) is 6.84. The van der Waals surface area contributed by atoms with Gasteiger partial charge in [0.05, 0.1) is 14.2 Å². The predicted molar refractivity (Wildman–Crippen MR) is 86.1 cm³/mol. The lowest BCUT2D eigenvalue weighted by Crippen LogP contribution is -2.32. The van der Waals surface area contributed by atoms with Crippen molar-refractivity contribution in [2.75, 3.05) is 19.5 Å². The topological polar surface area (TPSA) is 47.6 Å². The van der Waals surface area contributed by atoms with Gasteiger partial charge in [0.25, 0.3) is 0 Å². The summed E-state index contributed by atoms with van der Waals surface area (Å²) in [4.78, 5) is 12.7. The maximum absolute atomic E-state index is 12.7. The number of rotatable bonds is 3. The van der Waals surface area contributed by atoms with Crippen molar-refractivity contribution in [1.29, 1.82) is 0 Å². The second kappa shape index (κ2) is 5.21. The van der Waals surface area contributed by atoms with E-state index in [0.29, 0.717) is 16.5 Å². The Bertz CT molecular complexity index is 760. The Morgan fingerprint density at radius 2 is 1.82 bits per heavy atom. The fraction of sp³-hybridized carbons (Fsp3) is 0.235. The summed E-state index contributed by atoms with van der Waals surface area (Å²) in [7, 11) is 3.17. The van der Waals surface area contributed by atoms with Crippen LogP contribution in [0.5, 0.6) is 11.5 Å². The fourth-order valence-corrected chi connectivity index (χ4v) is 3.05. The molecule has 0 spiro atoms. The molecular formula is C17H16ClNO3. The summed E-state index contributed by atoms with van der Waals surface area (Å²) in [6.45, 7) is 1.86. The number of fused-ring (bicyclic) bond motifs is 1. The maximum Gasteiger partial charge on any atom is 0.239 e. The molecule has 1 amide bonds. The summed E-state index contributed by atoms with van der Waals surface area (Å²) in [5, 5.41) is 3.49. The third-order valence-corrected chi connectivity index (χ3v) is 4.40. The van der Waals surface area contributed by atoms with Gasteiger partial charge in [-0.25, -0.2) is 0 Å². The molecule has 5 heteroatoms. The molecule has 1 heterocycles. The van der Waals surface area contributed by atoms with E-state index in [0.717, 1.165) is 16.8 Å². The SMILES string of the molecule is COc1ccc(OC)c(C2(C)C(=O)Nc3ccc(Cl)cc32)c1. The highest BCUT2D eigenvalue weighted by molar-refractivity contribution is 6.31. The molecule has 0 radical (unpaired) electrons. The van der Waals surface area contributed by atoms with E-state index in [1.165, 1.54) is 0 Å². The van der Waals surface area contributed by atoms with Gasteiger partial charge in [-0.15, -0.1) is 0 Å². The van der Waals surface area contributed by atoms with Crippen LogP contribution in [-0.2, 0) is 10.2 Å². The van der Waals surface area contributed by atoms with Crippen molar-refractivity contribution in [3.63, 3.8) is 0 Å². The van der Waals surface area contributed by atoms with Crippen molar-refractivity contribution in [2.24, 2.45) is 0 Å². The van der Waals surface area contributed by atoms with Crippen molar-refractivity contribution in [1.82, 2.24) is 0 Å². The first-order chi connectivity index (χ1) is 10.5. The van der Waals surface area contributed by atoms with Gasteiger partial charge in [-0.05, 0) is 48.9 Å². The molecule has 3 rings (SSSR count). The van der Waals surface area contributed by atoms with Gasteiger partial charge in [0.15, 0.2) is 0 Å². The highest BCUT2D eigenvalue weighted by Gasteiger charge is 2.46. The lowest BCUT2D eigenvalue weighted by Gasteiger charge is -2.25. The minimum atomic E-state index is -0.889. The van der Waals surface area contributed by atoms with E-state index in [9.17, 15) is 4.79 Å². The molecule has 0 saturated carbocycles. The number of carbonyl (C=O) groups is 1. The van der Waals surface area contributed by atoms with Crippen LogP contribution in [0.25, 0.3) is 0 Å². The molecular weight excluding hydrogens is 302 g/mol. The molecule has 0 saturated heterocycles. The average Bonchev–Trinajstić information content (AvgIpc) is 2.79. The number of anilines is 1. The molecule has 0 aliphatic carbocycles. The maximum atomic E-state index is 12.7. The van der Waals surface area contributed by atoms with Gasteiger partial charge in [0.2, 0.25) is 5.91 Å². The summed E-state index contributed by atoms with van der Waals surface area (Å²) in [5.74, 6) is 1.18. The molecule has 22 heavy (non-hydrogen) atoms. The number of benzene rings is 2. The van der Waals surface area contributed by atoms with Gasteiger partial charge in [0, 0.05) is 16.3 Å². The van der Waals surface area contributed by atoms with Crippen molar-refractivity contribution >= 4 is 23.2 Å². The van der Waals surface area contributed by atoms with Gasteiger partial charge in [-0.1, -0.05) is 11.6 Å². The summed E-state index contributed by atoms with van der Waals surface area (Å²) in [6, 6.07) is 10.8. The standard InChI is InChI=1S/C17H16ClNO3/c1-17(13-9-11(21-2)5-7-15(13)22-3)12-8-10(18)4-6-14(12)19-16(17)20/h4-9H,1-3H3,(H,19,20). The lowest BCUT2D eigenvalue weighted by molar-refractivity contribution is -0.119. The number of carbonyl (C=O) groups excluding carboxylic acids is 1. The average molecular weight is 318 g/mol. The van der Waals surface area contributed by atoms with Gasteiger partial charge in [-0.3, -0.25) is 4.79 Å². The smallest absolute Gasteiger partial charge is 0.239 e. The highest BCUT2D eigenvalue weighted by atomic mass is 35.5. The van der Waals surface area contributed by atoms with Crippen LogP contribution in [-0.4, -0.2) is 20.1 Å². The van der Waals surface area contributed by atoms with Crippen LogP contribution >= 0.6 is 11.6 Å². The Kier molecular flexibility index (Phi) is 3.49. The van der Waals surface area contributed by atoms with Crippen LogP contribution < -0.4 is 14.8 Å². The number of hydrogen-bond acceptors (Lipinski definition) is 3. The van der Waals surface area contributed by atoms with E-state index in [-0.39, 0.29) is 5.91 Å². The first kappa shape index (κ1) is 14.7. The first-order valence-corrected chi connectivity index (χ1v) is 7.22. The highest BCUT2D eigenvalue weighted by Crippen LogP contribution is 2.47. The lowest BCUT2D eigenvalue weighted by atomic mass is 9.76. The number of ether oxygens (including phenoxy) is 2. The monoisotopic (exact) mass is 317 g/mol. The molecule has 1 atom stereocenters. The van der Waals surface area contributed by atoms with E-state index in [1.807, 2.05) is 25.1 Å². The molecule has 0 fully saturated rings. The quantitative estimate of drug-likeness (QED) is 0.940. The minimum absolute atomic E-state index is 0.115. The zero-order valence-electron chi connectivity index (χ0n) is 12.6. The Morgan fingerprint density at radius 1 is 1.05 bits per heavy atom. The number of methoxy groups -OCH3 is 2. The molecule has 2 aromatic rings.